The summed E-state index contributed by atoms with van der Waals surface area (Å²) in [6.07, 6.45) is 0.913. The number of carbonyl (C=O) groups is 3. The van der Waals surface area contributed by atoms with Crippen molar-refractivity contribution in [1.82, 2.24) is 10.2 Å². The second-order valence-electron chi connectivity index (χ2n) is 8.45. The number of nitrogens with one attached hydrogen (secondary N) is 2. The highest BCUT2D eigenvalue weighted by Crippen LogP contribution is 2.26. The number of primary amides is 1. The molecule has 0 saturated heterocycles. The minimum Gasteiger partial charge on any atom is -0.351 e. The van der Waals surface area contributed by atoms with Gasteiger partial charge in [-0.2, -0.15) is 0 Å². The zero-order valence-corrected chi connectivity index (χ0v) is 18.2. The van der Waals surface area contributed by atoms with Crippen LogP contribution in [0.4, 0.5) is 10.5 Å². The number of urea groups is 1. The second kappa shape index (κ2) is 9.64. The van der Waals surface area contributed by atoms with E-state index in [9.17, 15) is 14.4 Å². The van der Waals surface area contributed by atoms with Crippen LogP contribution in [0.15, 0.2) is 48.5 Å². The number of hydrogen-bond acceptors (Lipinski definition) is 3. The van der Waals surface area contributed by atoms with Gasteiger partial charge in [-0.05, 0) is 41.7 Å². The molecule has 31 heavy (non-hydrogen) atoms. The Labute approximate surface area is 183 Å². The number of fused-ring (bicyclic) bond motifs is 1. The maximum absolute atomic E-state index is 13.2. The molecule has 2 atom stereocenters. The zero-order valence-electron chi connectivity index (χ0n) is 18.2. The van der Waals surface area contributed by atoms with Gasteiger partial charge in [0.2, 0.25) is 11.8 Å². The van der Waals surface area contributed by atoms with Crippen LogP contribution in [-0.2, 0) is 22.6 Å². The molecular formula is C24H30N4O3. The van der Waals surface area contributed by atoms with E-state index in [4.69, 9.17) is 5.73 Å². The molecule has 0 fully saturated rings. The minimum atomic E-state index is -0.627. The molecule has 0 radical (unpaired) electrons. The summed E-state index contributed by atoms with van der Waals surface area (Å²) < 4.78 is 0. The zero-order chi connectivity index (χ0) is 22.5. The molecule has 164 valence electrons. The SMILES string of the molecule is CC(C)CC(=O)N1Cc2ccccc2CC1C(=O)NC(C)c1ccc(NC(N)=O)cc1. The van der Waals surface area contributed by atoms with Gasteiger partial charge >= 0.3 is 6.03 Å². The molecule has 2 unspecified atom stereocenters. The Bertz CT molecular complexity index is 956. The Morgan fingerprint density at radius 2 is 1.68 bits per heavy atom. The lowest BCUT2D eigenvalue weighted by molar-refractivity contribution is -0.142. The summed E-state index contributed by atoms with van der Waals surface area (Å²) in [5.41, 5.74) is 8.80. The van der Waals surface area contributed by atoms with Crippen molar-refractivity contribution >= 4 is 23.5 Å². The lowest BCUT2D eigenvalue weighted by atomic mass is 9.92. The molecule has 4 amide bonds. The molecule has 2 aromatic carbocycles. The lowest BCUT2D eigenvalue weighted by Crippen LogP contribution is -2.53. The smallest absolute Gasteiger partial charge is 0.316 e. The van der Waals surface area contributed by atoms with Crippen molar-refractivity contribution in [2.75, 3.05) is 5.32 Å². The third-order valence-corrected chi connectivity index (χ3v) is 5.49. The van der Waals surface area contributed by atoms with E-state index in [1.54, 1.807) is 17.0 Å². The number of anilines is 1. The molecule has 7 heteroatoms. The fraction of sp³-hybridized carbons (Fsp3) is 0.375. The van der Waals surface area contributed by atoms with Crippen molar-refractivity contribution in [1.29, 1.82) is 0 Å². The first-order chi connectivity index (χ1) is 14.7. The summed E-state index contributed by atoms with van der Waals surface area (Å²) in [6.45, 7) is 6.35. The summed E-state index contributed by atoms with van der Waals surface area (Å²) in [6, 6.07) is 13.7. The Morgan fingerprint density at radius 1 is 1.03 bits per heavy atom. The topological polar surface area (TPSA) is 105 Å². The lowest BCUT2D eigenvalue weighted by Gasteiger charge is -2.37. The highest BCUT2D eigenvalue weighted by Gasteiger charge is 2.35. The van der Waals surface area contributed by atoms with Crippen molar-refractivity contribution in [3.05, 3.63) is 65.2 Å². The minimum absolute atomic E-state index is 0.000755. The number of carbonyl (C=O) groups excluding carboxylic acids is 3. The van der Waals surface area contributed by atoms with Gasteiger partial charge in [-0.1, -0.05) is 50.2 Å². The number of benzene rings is 2. The van der Waals surface area contributed by atoms with Gasteiger partial charge in [0.25, 0.3) is 0 Å². The molecule has 0 bridgehead atoms. The molecular weight excluding hydrogens is 392 g/mol. The average Bonchev–Trinajstić information content (AvgIpc) is 2.72. The average molecular weight is 423 g/mol. The van der Waals surface area contributed by atoms with Crippen molar-refractivity contribution in [3.8, 4) is 0 Å². The first kappa shape index (κ1) is 22.3. The molecule has 1 aliphatic rings. The van der Waals surface area contributed by atoms with Gasteiger partial charge in [-0.25, -0.2) is 4.79 Å². The first-order valence-corrected chi connectivity index (χ1v) is 10.6. The van der Waals surface area contributed by atoms with E-state index in [0.717, 1.165) is 16.7 Å². The van der Waals surface area contributed by atoms with Crippen molar-refractivity contribution in [2.24, 2.45) is 11.7 Å². The molecule has 1 heterocycles. The predicted molar refractivity (Wildman–Crippen MR) is 120 cm³/mol. The summed E-state index contributed by atoms with van der Waals surface area (Å²) in [5, 5.41) is 5.56. The number of nitrogens with two attached hydrogens (primary N) is 1. The van der Waals surface area contributed by atoms with Crippen LogP contribution < -0.4 is 16.4 Å². The van der Waals surface area contributed by atoms with E-state index in [0.29, 0.717) is 25.1 Å². The van der Waals surface area contributed by atoms with Crippen LogP contribution in [0, 0.1) is 5.92 Å². The van der Waals surface area contributed by atoms with E-state index in [-0.39, 0.29) is 23.8 Å². The predicted octanol–water partition coefficient (Wildman–Crippen LogP) is 3.35. The fourth-order valence-electron chi connectivity index (χ4n) is 3.88. The van der Waals surface area contributed by atoms with E-state index < -0.39 is 12.1 Å². The highest BCUT2D eigenvalue weighted by molar-refractivity contribution is 5.89. The van der Waals surface area contributed by atoms with Gasteiger partial charge in [0, 0.05) is 25.1 Å². The molecule has 2 aromatic rings. The number of nitrogens with zero attached hydrogens (tertiary/aromatic N) is 1. The third kappa shape index (κ3) is 5.63. The Morgan fingerprint density at radius 3 is 2.29 bits per heavy atom. The van der Waals surface area contributed by atoms with Gasteiger partial charge in [-0.15, -0.1) is 0 Å². The molecule has 3 rings (SSSR count). The van der Waals surface area contributed by atoms with Gasteiger partial charge < -0.3 is 21.3 Å². The Balaban J connectivity index is 1.75. The molecule has 1 aliphatic heterocycles. The summed E-state index contributed by atoms with van der Waals surface area (Å²) >= 11 is 0. The van der Waals surface area contributed by atoms with E-state index in [1.807, 2.05) is 57.2 Å². The molecule has 0 aromatic heterocycles. The maximum atomic E-state index is 13.2. The van der Waals surface area contributed by atoms with Gasteiger partial charge in [0.15, 0.2) is 0 Å². The van der Waals surface area contributed by atoms with Crippen molar-refractivity contribution < 1.29 is 14.4 Å². The molecule has 0 aliphatic carbocycles. The van der Waals surface area contributed by atoms with Crippen LogP contribution in [0.25, 0.3) is 0 Å². The monoisotopic (exact) mass is 422 g/mol. The van der Waals surface area contributed by atoms with Crippen LogP contribution in [-0.4, -0.2) is 28.8 Å². The third-order valence-electron chi connectivity index (χ3n) is 5.49. The van der Waals surface area contributed by atoms with Gasteiger partial charge in [0.05, 0.1) is 6.04 Å². The Hall–Kier alpha value is -3.35. The van der Waals surface area contributed by atoms with Crippen LogP contribution >= 0.6 is 0 Å². The number of rotatable bonds is 6. The number of amides is 4. The highest BCUT2D eigenvalue weighted by atomic mass is 16.2. The van der Waals surface area contributed by atoms with E-state index >= 15 is 0 Å². The largest absolute Gasteiger partial charge is 0.351 e. The van der Waals surface area contributed by atoms with Crippen molar-refractivity contribution in [2.45, 2.75) is 52.2 Å². The summed E-state index contributed by atoms with van der Waals surface area (Å²) in [5.74, 6) is 0.0532. The van der Waals surface area contributed by atoms with Crippen LogP contribution in [0.3, 0.4) is 0 Å². The molecule has 0 spiro atoms. The Kier molecular flexibility index (Phi) is 6.95. The number of hydrogen-bond donors (Lipinski definition) is 3. The molecule has 0 saturated carbocycles. The fourth-order valence-corrected chi connectivity index (χ4v) is 3.88. The van der Waals surface area contributed by atoms with Crippen LogP contribution in [0.1, 0.15) is 49.9 Å². The maximum Gasteiger partial charge on any atom is 0.316 e. The van der Waals surface area contributed by atoms with E-state index in [2.05, 4.69) is 10.6 Å². The van der Waals surface area contributed by atoms with E-state index in [1.165, 1.54) is 0 Å². The van der Waals surface area contributed by atoms with Gasteiger partial charge in [0.1, 0.15) is 6.04 Å². The molecule has 4 N–H and O–H groups in total. The standard InChI is InChI=1S/C24H30N4O3/c1-15(2)12-22(29)28-14-19-7-5-4-6-18(19)13-21(28)23(30)26-16(3)17-8-10-20(11-9-17)27-24(25)31/h4-11,15-16,21H,12-14H2,1-3H3,(H,26,30)(H3,25,27,31). The van der Waals surface area contributed by atoms with Crippen LogP contribution in [0.2, 0.25) is 0 Å². The van der Waals surface area contributed by atoms with Crippen molar-refractivity contribution in [3.63, 3.8) is 0 Å². The van der Waals surface area contributed by atoms with Crippen LogP contribution in [0.5, 0.6) is 0 Å². The molecule has 7 nitrogen and oxygen atoms in total. The summed E-state index contributed by atoms with van der Waals surface area (Å²) in [4.78, 5) is 38.8. The quantitative estimate of drug-likeness (QED) is 0.665. The normalized spacial score (nSPS) is 16.4. The van der Waals surface area contributed by atoms with Gasteiger partial charge in [-0.3, -0.25) is 9.59 Å². The first-order valence-electron chi connectivity index (χ1n) is 10.6. The summed E-state index contributed by atoms with van der Waals surface area (Å²) in [7, 11) is 0. The second-order valence-corrected chi connectivity index (χ2v) is 8.45.